The van der Waals surface area contributed by atoms with Crippen molar-refractivity contribution < 1.29 is 22.4 Å². The normalized spacial score (nSPS) is 12.0. The summed E-state index contributed by atoms with van der Waals surface area (Å²) in [5.74, 6) is -1.43. The second-order valence-electron chi connectivity index (χ2n) is 9.28. The Labute approximate surface area is 224 Å². The van der Waals surface area contributed by atoms with Crippen molar-refractivity contribution in [3.63, 3.8) is 0 Å². The van der Waals surface area contributed by atoms with Crippen LogP contribution in [0.5, 0.6) is 0 Å². The summed E-state index contributed by atoms with van der Waals surface area (Å²) in [5.41, 5.74) is 2.86. The van der Waals surface area contributed by atoms with Gasteiger partial charge in [0, 0.05) is 13.1 Å². The van der Waals surface area contributed by atoms with Crippen molar-refractivity contribution in [3.8, 4) is 0 Å². The van der Waals surface area contributed by atoms with Crippen LogP contribution in [0.2, 0.25) is 0 Å². The van der Waals surface area contributed by atoms with E-state index in [1.54, 1.807) is 19.1 Å². The quantitative estimate of drug-likeness (QED) is 0.387. The molecule has 0 aliphatic carbocycles. The SMILES string of the molecule is CCCNC(=O)C(C)N(Cc1ccc(C)cc1)C(=O)CN(c1ccc(F)cc1)S(=O)(=O)c1ccc(C)cc1. The molecule has 3 rings (SSSR count). The Balaban J connectivity index is 2.00. The minimum Gasteiger partial charge on any atom is -0.354 e. The van der Waals surface area contributed by atoms with Gasteiger partial charge in [-0.15, -0.1) is 0 Å². The van der Waals surface area contributed by atoms with Crippen molar-refractivity contribution in [1.29, 1.82) is 0 Å². The first kappa shape index (κ1) is 28.8. The van der Waals surface area contributed by atoms with Crippen molar-refractivity contribution in [2.24, 2.45) is 0 Å². The molecule has 202 valence electrons. The van der Waals surface area contributed by atoms with Crippen molar-refractivity contribution in [2.45, 2.75) is 51.6 Å². The van der Waals surface area contributed by atoms with Gasteiger partial charge in [-0.05, 0) is 69.2 Å². The molecule has 0 radical (unpaired) electrons. The molecule has 3 aromatic rings. The molecule has 7 nitrogen and oxygen atoms in total. The van der Waals surface area contributed by atoms with E-state index < -0.39 is 34.3 Å². The number of amides is 2. The van der Waals surface area contributed by atoms with E-state index in [4.69, 9.17) is 0 Å². The van der Waals surface area contributed by atoms with Gasteiger partial charge in [-0.25, -0.2) is 12.8 Å². The molecule has 0 saturated heterocycles. The molecule has 0 saturated carbocycles. The molecule has 0 aliphatic rings. The summed E-state index contributed by atoms with van der Waals surface area (Å²) < 4.78 is 42.1. The van der Waals surface area contributed by atoms with Crippen molar-refractivity contribution in [2.75, 3.05) is 17.4 Å². The number of aryl methyl sites for hydroxylation is 2. The highest BCUT2D eigenvalue weighted by Crippen LogP contribution is 2.25. The van der Waals surface area contributed by atoms with Crippen LogP contribution in [0.4, 0.5) is 10.1 Å². The maximum absolute atomic E-state index is 13.8. The van der Waals surface area contributed by atoms with E-state index in [1.807, 2.05) is 45.0 Å². The third kappa shape index (κ3) is 7.19. The van der Waals surface area contributed by atoms with Crippen LogP contribution in [0.3, 0.4) is 0 Å². The fourth-order valence-corrected chi connectivity index (χ4v) is 5.26. The number of hydrogen-bond donors (Lipinski definition) is 1. The predicted molar refractivity (Wildman–Crippen MR) is 147 cm³/mol. The Kier molecular flexibility index (Phi) is 9.63. The van der Waals surface area contributed by atoms with Gasteiger partial charge in [-0.3, -0.25) is 13.9 Å². The monoisotopic (exact) mass is 539 g/mol. The number of nitrogens with one attached hydrogen (secondary N) is 1. The van der Waals surface area contributed by atoms with Gasteiger partial charge in [0.15, 0.2) is 0 Å². The molecule has 0 fully saturated rings. The van der Waals surface area contributed by atoms with Gasteiger partial charge in [-0.1, -0.05) is 54.4 Å². The largest absolute Gasteiger partial charge is 0.354 e. The lowest BCUT2D eigenvalue weighted by atomic mass is 10.1. The van der Waals surface area contributed by atoms with Crippen LogP contribution < -0.4 is 9.62 Å². The Morgan fingerprint density at radius 3 is 2.00 bits per heavy atom. The number of anilines is 1. The molecular weight excluding hydrogens is 505 g/mol. The molecule has 1 atom stereocenters. The van der Waals surface area contributed by atoms with Gasteiger partial charge in [0.1, 0.15) is 18.4 Å². The summed E-state index contributed by atoms with van der Waals surface area (Å²) in [4.78, 5) is 28.0. The maximum Gasteiger partial charge on any atom is 0.264 e. The van der Waals surface area contributed by atoms with E-state index in [0.717, 1.165) is 39.5 Å². The molecule has 0 aliphatic heterocycles. The first-order chi connectivity index (χ1) is 18.0. The average molecular weight is 540 g/mol. The number of hydrogen-bond acceptors (Lipinski definition) is 4. The van der Waals surface area contributed by atoms with Crippen LogP contribution in [-0.4, -0.2) is 44.3 Å². The minimum atomic E-state index is -4.19. The lowest BCUT2D eigenvalue weighted by Gasteiger charge is -2.32. The molecule has 1 N–H and O–H groups in total. The van der Waals surface area contributed by atoms with Gasteiger partial charge in [0.2, 0.25) is 11.8 Å². The number of halogens is 1. The van der Waals surface area contributed by atoms with E-state index in [2.05, 4.69) is 5.32 Å². The van der Waals surface area contributed by atoms with Crippen LogP contribution in [0, 0.1) is 19.7 Å². The number of benzene rings is 3. The van der Waals surface area contributed by atoms with Crippen molar-refractivity contribution >= 4 is 27.5 Å². The molecule has 3 aromatic carbocycles. The Morgan fingerprint density at radius 1 is 0.895 bits per heavy atom. The van der Waals surface area contributed by atoms with Gasteiger partial charge in [0.25, 0.3) is 10.0 Å². The standard InChI is InChI=1S/C29H34FN3O4S/c1-5-18-31-29(35)23(4)32(19-24-10-6-21(2)7-11-24)28(34)20-33(26-14-12-25(30)13-15-26)38(36,37)27-16-8-22(3)9-17-27/h6-17,23H,5,18-20H2,1-4H3,(H,31,35). The van der Waals surface area contributed by atoms with Gasteiger partial charge >= 0.3 is 0 Å². The predicted octanol–water partition coefficient (Wildman–Crippen LogP) is 4.58. The zero-order valence-electron chi connectivity index (χ0n) is 22.1. The summed E-state index contributed by atoms with van der Waals surface area (Å²) in [6.45, 7) is 7.33. The topological polar surface area (TPSA) is 86.8 Å². The van der Waals surface area contributed by atoms with Crippen molar-refractivity contribution in [1.82, 2.24) is 10.2 Å². The zero-order chi connectivity index (χ0) is 27.9. The first-order valence-electron chi connectivity index (χ1n) is 12.5. The molecule has 0 spiro atoms. The molecule has 9 heteroatoms. The van der Waals surface area contributed by atoms with E-state index in [0.29, 0.717) is 6.54 Å². The highest BCUT2D eigenvalue weighted by atomic mass is 32.2. The van der Waals surface area contributed by atoms with Gasteiger partial charge < -0.3 is 10.2 Å². The molecule has 38 heavy (non-hydrogen) atoms. The molecular formula is C29H34FN3O4S. The summed E-state index contributed by atoms with van der Waals surface area (Å²) >= 11 is 0. The second kappa shape index (κ2) is 12.7. The van der Waals surface area contributed by atoms with E-state index in [9.17, 15) is 22.4 Å². The molecule has 0 bridgehead atoms. The number of nitrogens with zero attached hydrogens (tertiary/aromatic N) is 2. The summed E-state index contributed by atoms with van der Waals surface area (Å²) in [6, 6.07) is 17.9. The fourth-order valence-electron chi connectivity index (χ4n) is 3.84. The Morgan fingerprint density at radius 2 is 1.45 bits per heavy atom. The lowest BCUT2D eigenvalue weighted by molar-refractivity contribution is -0.139. The smallest absolute Gasteiger partial charge is 0.264 e. The third-order valence-electron chi connectivity index (χ3n) is 6.19. The van der Waals surface area contributed by atoms with E-state index in [-0.39, 0.29) is 23.0 Å². The average Bonchev–Trinajstić information content (AvgIpc) is 2.90. The zero-order valence-corrected chi connectivity index (χ0v) is 23.0. The molecule has 2 amide bonds. The molecule has 1 unspecified atom stereocenters. The number of sulfonamides is 1. The minimum absolute atomic E-state index is 0.000882. The van der Waals surface area contributed by atoms with E-state index >= 15 is 0 Å². The number of carbonyl (C=O) groups excluding carboxylic acids is 2. The van der Waals surface area contributed by atoms with E-state index in [1.165, 1.54) is 29.2 Å². The van der Waals surface area contributed by atoms with Crippen LogP contribution in [0.25, 0.3) is 0 Å². The van der Waals surface area contributed by atoms with Crippen LogP contribution in [0.1, 0.15) is 37.0 Å². The summed E-state index contributed by atoms with van der Waals surface area (Å²) in [6.07, 6.45) is 0.734. The van der Waals surface area contributed by atoms with Crippen LogP contribution >= 0.6 is 0 Å². The van der Waals surface area contributed by atoms with Crippen molar-refractivity contribution in [3.05, 3.63) is 95.3 Å². The van der Waals surface area contributed by atoms with Gasteiger partial charge in [-0.2, -0.15) is 0 Å². The number of rotatable bonds is 11. The Hall–Kier alpha value is -3.72. The van der Waals surface area contributed by atoms with Crippen LogP contribution in [-0.2, 0) is 26.2 Å². The molecule has 0 aromatic heterocycles. The first-order valence-corrected chi connectivity index (χ1v) is 13.9. The number of carbonyl (C=O) groups is 2. The van der Waals surface area contributed by atoms with Gasteiger partial charge in [0.05, 0.1) is 10.6 Å². The summed E-state index contributed by atoms with van der Waals surface area (Å²) in [7, 11) is -4.19. The second-order valence-corrected chi connectivity index (χ2v) is 11.1. The third-order valence-corrected chi connectivity index (χ3v) is 7.98. The highest BCUT2D eigenvalue weighted by molar-refractivity contribution is 7.92. The highest BCUT2D eigenvalue weighted by Gasteiger charge is 2.32. The summed E-state index contributed by atoms with van der Waals surface area (Å²) in [5, 5.41) is 2.81. The molecule has 0 heterocycles. The fraction of sp³-hybridized carbons (Fsp3) is 0.310. The lowest BCUT2D eigenvalue weighted by Crippen LogP contribution is -2.51. The Bertz CT molecular complexity index is 1340. The maximum atomic E-state index is 13.8. The van der Waals surface area contributed by atoms with Crippen LogP contribution in [0.15, 0.2) is 77.7 Å².